The molecule has 0 aliphatic heterocycles. The average molecular weight is 355 g/mol. The predicted molar refractivity (Wildman–Crippen MR) is 99.2 cm³/mol. The van der Waals surface area contributed by atoms with E-state index in [4.69, 9.17) is 20.1 Å². The van der Waals surface area contributed by atoms with E-state index in [1.54, 1.807) is 12.1 Å². The normalized spacial score (nSPS) is 11.8. The third-order valence-corrected chi connectivity index (χ3v) is 3.56. The van der Waals surface area contributed by atoms with Crippen molar-refractivity contribution < 1.29 is 19.2 Å². The Kier molecular flexibility index (Phi) is 6.73. The van der Waals surface area contributed by atoms with E-state index in [0.717, 1.165) is 16.8 Å². The maximum atomic E-state index is 11.6. The Morgan fingerprint density at radius 1 is 1.04 bits per heavy atom. The van der Waals surface area contributed by atoms with Crippen LogP contribution in [0.1, 0.15) is 23.6 Å². The molecule has 0 aliphatic carbocycles. The molecule has 0 fully saturated rings. The molecule has 0 saturated carbocycles. The number of primary amides is 1. The van der Waals surface area contributed by atoms with Gasteiger partial charge in [0.05, 0.1) is 5.71 Å². The zero-order chi connectivity index (χ0) is 18.9. The summed E-state index contributed by atoms with van der Waals surface area (Å²) >= 11 is 0. The van der Waals surface area contributed by atoms with Gasteiger partial charge in [-0.05, 0) is 24.6 Å². The largest absolute Gasteiger partial charge is 0.489 e. The molecular formula is C19H21N3O4. The van der Waals surface area contributed by atoms with E-state index < -0.39 is 5.91 Å². The van der Waals surface area contributed by atoms with Crippen LogP contribution in [0.4, 0.5) is 0 Å². The number of nitrogens with two attached hydrogens (primary N) is 1. The van der Waals surface area contributed by atoms with Crippen molar-refractivity contribution in [3.63, 3.8) is 0 Å². The highest BCUT2D eigenvalue weighted by Crippen LogP contribution is 2.18. The lowest BCUT2D eigenvalue weighted by Gasteiger charge is -2.12. The second-order valence-electron chi connectivity index (χ2n) is 5.32. The second kappa shape index (κ2) is 9.22. The quantitative estimate of drug-likeness (QED) is 0.581. The van der Waals surface area contributed by atoms with Crippen LogP contribution in [0, 0.1) is 0 Å². The molecule has 0 bridgehead atoms. The Morgan fingerprint density at radius 3 is 2.46 bits per heavy atom. The van der Waals surface area contributed by atoms with Crippen LogP contribution in [0.5, 0.6) is 5.75 Å². The number of benzene rings is 2. The molecule has 1 amide bonds. The van der Waals surface area contributed by atoms with Gasteiger partial charge in [0.15, 0.2) is 5.71 Å². The smallest absolute Gasteiger partial charge is 0.271 e. The SMILES string of the molecule is CON=C(C(N)=O)c1ccccc1COc1cccc(/C(C)=N/OC)c1. The van der Waals surface area contributed by atoms with Gasteiger partial charge in [0.2, 0.25) is 0 Å². The molecule has 7 nitrogen and oxygen atoms in total. The molecule has 2 N–H and O–H groups in total. The minimum atomic E-state index is -0.673. The van der Waals surface area contributed by atoms with E-state index >= 15 is 0 Å². The van der Waals surface area contributed by atoms with Crippen LogP contribution in [0.15, 0.2) is 58.8 Å². The highest BCUT2D eigenvalue weighted by molar-refractivity contribution is 6.45. The monoisotopic (exact) mass is 355 g/mol. The Labute approximate surface area is 152 Å². The summed E-state index contributed by atoms with van der Waals surface area (Å²) in [6.45, 7) is 2.08. The molecule has 2 rings (SSSR count). The molecule has 0 aromatic heterocycles. The fraction of sp³-hybridized carbons (Fsp3) is 0.211. The van der Waals surface area contributed by atoms with Crippen molar-refractivity contribution in [2.45, 2.75) is 13.5 Å². The van der Waals surface area contributed by atoms with Gasteiger partial charge in [-0.15, -0.1) is 0 Å². The number of hydrogen-bond acceptors (Lipinski definition) is 6. The van der Waals surface area contributed by atoms with Gasteiger partial charge in [0, 0.05) is 11.1 Å². The maximum Gasteiger partial charge on any atom is 0.271 e. The number of amides is 1. The Balaban J connectivity index is 2.23. The summed E-state index contributed by atoms with van der Waals surface area (Å²) in [5, 5.41) is 7.64. The van der Waals surface area contributed by atoms with Gasteiger partial charge in [-0.25, -0.2) is 0 Å². The summed E-state index contributed by atoms with van der Waals surface area (Å²) in [6, 6.07) is 14.7. The first kappa shape index (κ1) is 19.0. The third kappa shape index (κ3) is 4.83. The molecule has 0 saturated heterocycles. The lowest BCUT2D eigenvalue weighted by Crippen LogP contribution is -2.25. The zero-order valence-corrected chi connectivity index (χ0v) is 14.9. The third-order valence-electron chi connectivity index (χ3n) is 3.56. The fourth-order valence-electron chi connectivity index (χ4n) is 2.36. The lowest BCUT2D eigenvalue weighted by molar-refractivity contribution is -0.112. The topological polar surface area (TPSA) is 95.5 Å². The Morgan fingerprint density at radius 2 is 1.77 bits per heavy atom. The van der Waals surface area contributed by atoms with Crippen molar-refractivity contribution in [2.24, 2.45) is 16.0 Å². The van der Waals surface area contributed by atoms with E-state index in [9.17, 15) is 4.79 Å². The number of ether oxygens (including phenoxy) is 1. The summed E-state index contributed by atoms with van der Waals surface area (Å²) < 4.78 is 5.87. The molecule has 136 valence electrons. The van der Waals surface area contributed by atoms with Crippen molar-refractivity contribution >= 4 is 17.3 Å². The number of oxime groups is 2. The first-order chi connectivity index (χ1) is 12.6. The van der Waals surface area contributed by atoms with Gasteiger partial charge in [-0.3, -0.25) is 4.79 Å². The van der Waals surface area contributed by atoms with Crippen LogP contribution in [0.3, 0.4) is 0 Å². The van der Waals surface area contributed by atoms with E-state index in [2.05, 4.69) is 10.3 Å². The van der Waals surface area contributed by atoms with Crippen LogP contribution in [-0.4, -0.2) is 31.6 Å². The summed E-state index contributed by atoms with van der Waals surface area (Å²) in [7, 11) is 2.86. The van der Waals surface area contributed by atoms with Crippen molar-refractivity contribution in [2.75, 3.05) is 14.2 Å². The Bertz CT molecular complexity index is 831. The average Bonchev–Trinajstić information content (AvgIpc) is 2.65. The first-order valence-corrected chi connectivity index (χ1v) is 7.87. The van der Waals surface area contributed by atoms with Crippen LogP contribution >= 0.6 is 0 Å². The molecule has 0 heterocycles. The first-order valence-electron chi connectivity index (χ1n) is 7.87. The van der Waals surface area contributed by atoms with Crippen LogP contribution in [-0.2, 0) is 21.1 Å². The second-order valence-corrected chi connectivity index (χ2v) is 5.32. The molecule has 0 aliphatic rings. The molecular weight excluding hydrogens is 334 g/mol. The molecule has 7 heteroatoms. The predicted octanol–water partition coefficient (Wildman–Crippen LogP) is 2.47. The van der Waals surface area contributed by atoms with Crippen LogP contribution < -0.4 is 10.5 Å². The number of hydrogen-bond donors (Lipinski definition) is 1. The maximum absolute atomic E-state index is 11.6. The van der Waals surface area contributed by atoms with Gasteiger partial charge in [-0.2, -0.15) is 0 Å². The summed E-state index contributed by atoms with van der Waals surface area (Å²) in [4.78, 5) is 21.2. The van der Waals surface area contributed by atoms with Crippen molar-refractivity contribution in [1.82, 2.24) is 0 Å². The molecule has 0 radical (unpaired) electrons. The van der Waals surface area contributed by atoms with Crippen LogP contribution in [0.25, 0.3) is 0 Å². The minimum Gasteiger partial charge on any atom is -0.489 e. The minimum absolute atomic E-state index is 0.0449. The van der Waals surface area contributed by atoms with Gasteiger partial charge < -0.3 is 20.1 Å². The van der Waals surface area contributed by atoms with E-state index in [1.165, 1.54) is 14.2 Å². The lowest BCUT2D eigenvalue weighted by atomic mass is 10.0. The number of carbonyl (C=O) groups excluding carboxylic acids is 1. The van der Waals surface area contributed by atoms with Crippen LogP contribution in [0.2, 0.25) is 0 Å². The van der Waals surface area contributed by atoms with Crippen molar-refractivity contribution in [3.05, 3.63) is 65.2 Å². The van der Waals surface area contributed by atoms with Gasteiger partial charge >= 0.3 is 0 Å². The molecule has 0 unspecified atom stereocenters. The summed E-state index contributed by atoms with van der Waals surface area (Å²) in [6.07, 6.45) is 0. The highest BCUT2D eigenvalue weighted by atomic mass is 16.6. The number of rotatable bonds is 8. The Hall–Kier alpha value is -3.35. The number of carbonyl (C=O) groups is 1. The fourth-order valence-corrected chi connectivity index (χ4v) is 2.36. The van der Waals surface area contributed by atoms with E-state index in [-0.39, 0.29) is 12.3 Å². The molecule has 26 heavy (non-hydrogen) atoms. The summed E-state index contributed by atoms with van der Waals surface area (Å²) in [5.41, 5.74) is 8.39. The zero-order valence-electron chi connectivity index (χ0n) is 14.9. The molecule has 0 spiro atoms. The molecule has 2 aromatic rings. The van der Waals surface area contributed by atoms with Crippen molar-refractivity contribution in [1.29, 1.82) is 0 Å². The standard InChI is InChI=1S/C19H21N3O4/c1-13(21-24-2)14-8-6-9-16(11-14)26-12-15-7-4-5-10-17(15)18(19(20)23)22-25-3/h4-11H,12H2,1-3H3,(H2,20,23)/b21-13+,22-18?. The van der Waals surface area contributed by atoms with Crippen molar-refractivity contribution in [3.8, 4) is 5.75 Å². The summed E-state index contributed by atoms with van der Waals surface area (Å²) in [5.74, 6) is -0.0139. The molecule has 2 aromatic carbocycles. The molecule has 0 atom stereocenters. The van der Waals surface area contributed by atoms with E-state index in [1.807, 2.05) is 43.3 Å². The number of nitrogens with zero attached hydrogens (tertiary/aromatic N) is 2. The van der Waals surface area contributed by atoms with Gasteiger partial charge in [0.25, 0.3) is 5.91 Å². The van der Waals surface area contributed by atoms with E-state index in [0.29, 0.717) is 11.3 Å². The van der Waals surface area contributed by atoms with Gasteiger partial charge in [0.1, 0.15) is 26.6 Å². The van der Waals surface area contributed by atoms with Gasteiger partial charge in [-0.1, -0.05) is 46.7 Å². The highest BCUT2D eigenvalue weighted by Gasteiger charge is 2.15.